The normalized spacial score (nSPS) is 18.5. The quantitative estimate of drug-likeness (QED) is 0.741. The second-order valence-electron chi connectivity index (χ2n) is 4.51. The molecular formula is C14H17FO4. The molecule has 0 spiro atoms. The van der Waals surface area contributed by atoms with Crippen LogP contribution in [0.15, 0.2) is 18.2 Å². The number of ketones is 1. The molecule has 0 aliphatic carbocycles. The zero-order valence-electron chi connectivity index (χ0n) is 10.9. The molecule has 1 aliphatic rings. The lowest BCUT2D eigenvalue weighted by molar-refractivity contribution is 0.0649. The van der Waals surface area contributed by atoms with Crippen molar-refractivity contribution in [2.45, 2.75) is 6.42 Å². The lowest BCUT2D eigenvalue weighted by atomic mass is 10.1. The maximum absolute atomic E-state index is 13.1. The van der Waals surface area contributed by atoms with E-state index in [0.29, 0.717) is 24.9 Å². The zero-order valence-corrected chi connectivity index (χ0v) is 10.9. The van der Waals surface area contributed by atoms with Gasteiger partial charge in [0.05, 0.1) is 25.9 Å². The highest BCUT2D eigenvalue weighted by molar-refractivity contribution is 5.99. The van der Waals surface area contributed by atoms with Gasteiger partial charge in [-0.25, -0.2) is 4.39 Å². The Balaban J connectivity index is 1.89. The molecule has 0 radical (unpaired) electrons. The Morgan fingerprint density at radius 1 is 1.53 bits per heavy atom. The fraction of sp³-hybridized carbons (Fsp3) is 0.500. The van der Waals surface area contributed by atoms with E-state index in [9.17, 15) is 9.18 Å². The van der Waals surface area contributed by atoms with Crippen LogP contribution in [0.1, 0.15) is 16.8 Å². The van der Waals surface area contributed by atoms with E-state index in [-0.39, 0.29) is 18.0 Å². The summed E-state index contributed by atoms with van der Waals surface area (Å²) in [7, 11) is 1.45. The van der Waals surface area contributed by atoms with Gasteiger partial charge in [-0.1, -0.05) is 0 Å². The second-order valence-corrected chi connectivity index (χ2v) is 4.51. The first-order chi connectivity index (χ1) is 9.20. The first kappa shape index (κ1) is 14.0. The van der Waals surface area contributed by atoms with Gasteiger partial charge in [0.25, 0.3) is 0 Å². The van der Waals surface area contributed by atoms with Crippen LogP contribution in [-0.2, 0) is 9.47 Å². The first-order valence-corrected chi connectivity index (χ1v) is 6.23. The maximum atomic E-state index is 13.1. The Kier molecular flexibility index (Phi) is 4.87. The number of Topliss-reactive ketones (excluding diaryl/α,β-unsaturated/α-hetero) is 1. The van der Waals surface area contributed by atoms with Crippen LogP contribution in [-0.4, -0.2) is 39.3 Å². The summed E-state index contributed by atoms with van der Waals surface area (Å²) in [5, 5.41) is 0. The summed E-state index contributed by atoms with van der Waals surface area (Å²) in [4.78, 5) is 11.9. The Bertz CT molecular complexity index is 441. The molecule has 0 aromatic heterocycles. The highest BCUT2D eigenvalue weighted by Crippen LogP contribution is 2.20. The Morgan fingerprint density at radius 2 is 2.37 bits per heavy atom. The fourth-order valence-corrected chi connectivity index (χ4v) is 2.01. The molecule has 1 heterocycles. The fourth-order valence-electron chi connectivity index (χ4n) is 2.01. The van der Waals surface area contributed by atoms with E-state index in [1.54, 1.807) is 0 Å². The van der Waals surface area contributed by atoms with Crippen LogP contribution < -0.4 is 4.74 Å². The van der Waals surface area contributed by atoms with Crippen molar-refractivity contribution in [1.29, 1.82) is 0 Å². The van der Waals surface area contributed by atoms with Gasteiger partial charge in [-0.05, 0) is 24.6 Å². The molecule has 1 aromatic rings. The number of carbonyl (C=O) groups excluding carboxylic acids is 1. The lowest BCUT2D eigenvalue weighted by Gasteiger charge is -2.10. The number of benzene rings is 1. The van der Waals surface area contributed by atoms with E-state index in [1.807, 2.05) is 0 Å². The van der Waals surface area contributed by atoms with Gasteiger partial charge in [-0.2, -0.15) is 0 Å². The first-order valence-electron chi connectivity index (χ1n) is 6.23. The van der Waals surface area contributed by atoms with Gasteiger partial charge in [0.2, 0.25) is 0 Å². The van der Waals surface area contributed by atoms with Gasteiger partial charge >= 0.3 is 0 Å². The van der Waals surface area contributed by atoms with Crippen molar-refractivity contribution in [1.82, 2.24) is 0 Å². The van der Waals surface area contributed by atoms with Crippen molar-refractivity contribution in [2.24, 2.45) is 5.92 Å². The van der Waals surface area contributed by atoms with E-state index < -0.39 is 5.82 Å². The van der Waals surface area contributed by atoms with Crippen LogP contribution in [0.3, 0.4) is 0 Å². The number of hydrogen-bond acceptors (Lipinski definition) is 4. The summed E-state index contributed by atoms with van der Waals surface area (Å²) < 4.78 is 28.8. The summed E-state index contributed by atoms with van der Waals surface area (Å²) in [6, 6.07) is 3.86. The minimum atomic E-state index is -0.464. The number of ether oxygens (including phenoxy) is 3. The molecule has 1 aromatic carbocycles. The predicted molar refractivity (Wildman–Crippen MR) is 67.0 cm³/mol. The van der Waals surface area contributed by atoms with Gasteiger partial charge in [0.15, 0.2) is 5.78 Å². The molecule has 1 aliphatic heterocycles. The number of hydrogen-bond donors (Lipinski definition) is 0. The average Bonchev–Trinajstić information content (AvgIpc) is 2.91. The Hall–Kier alpha value is -1.46. The third-order valence-corrected chi connectivity index (χ3v) is 3.07. The molecule has 104 valence electrons. The molecule has 0 N–H and O–H groups in total. The highest BCUT2D eigenvalue weighted by Gasteiger charge is 2.18. The smallest absolute Gasteiger partial charge is 0.192 e. The van der Waals surface area contributed by atoms with Gasteiger partial charge in [0.1, 0.15) is 18.2 Å². The summed E-state index contributed by atoms with van der Waals surface area (Å²) in [5.74, 6) is -0.0370. The van der Waals surface area contributed by atoms with Crippen LogP contribution in [0.2, 0.25) is 0 Å². The minimum Gasteiger partial charge on any atom is -0.496 e. The SMILES string of the molecule is COc1ccc(F)cc1C(=O)COCC1CCOC1. The number of carbonyl (C=O) groups is 1. The molecule has 1 fully saturated rings. The predicted octanol–water partition coefficient (Wildman–Crippen LogP) is 2.07. The van der Waals surface area contributed by atoms with E-state index >= 15 is 0 Å². The maximum Gasteiger partial charge on any atom is 0.192 e. The molecular weight excluding hydrogens is 251 g/mol. The van der Waals surface area contributed by atoms with E-state index in [0.717, 1.165) is 13.0 Å². The zero-order chi connectivity index (χ0) is 13.7. The largest absolute Gasteiger partial charge is 0.496 e. The molecule has 4 nitrogen and oxygen atoms in total. The summed E-state index contributed by atoms with van der Waals surface area (Å²) in [6.07, 6.45) is 0.956. The molecule has 5 heteroatoms. The van der Waals surface area contributed by atoms with E-state index in [2.05, 4.69) is 0 Å². The lowest BCUT2D eigenvalue weighted by Crippen LogP contribution is -2.16. The molecule has 1 atom stereocenters. The number of halogens is 1. The molecule has 0 bridgehead atoms. The molecule has 1 saturated heterocycles. The minimum absolute atomic E-state index is 0.0731. The number of rotatable bonds is 6. The molecule has 1 unspecified atom stereocenters. The van der Waals surface area contributed by atoms with Crippen molar-refractivity contribution < 1.29 is 23.4 Å². The Labute approximate surface area is 111 Å². The molecule has 0 amide bonds. The van der Waals surface area contributed by atoms with Gasteiger partial charge < -0.3 is 14.2 Å². The third kappa shape index (κ3) is 3.75. The summed E-state index contributed by atoms with van der Waals surface area (Å²) in [6.45, 7) is 1.84. The molecule has 2 rings (SSSR count). The monoisotopic (exact) mass is 268 g/mol. The Morgan fingerprint density at radius 3 is 3.05 bits per heavy atom. The average molecular weight is 268 g/mol. The van der Waals surface area contributed by atoms with Crippen molar-refractivity contribution >= 4 is 5.78 Å². The number of methoxy groups -OCH3 is 1. The van der Waals surface area contributed by atoms with Crippen LogP contribution >= 0.6 is 0 Å². The van der Waals surface area contributed by atoms with Crippen LogP contribution in [0, 0.1) is 11.7 Å². The summed E-state index contributed by atoms with van der Waals surface area (Å²) >= 11 is 0. The molecule has 0 saturated carbocycles. The second kappa shape index (κ2) is 6.63. The van der Waals surface area contributed by atoms with Gasteiger partial charge in [0, 0.05) is 12.5 Å². The van der Waals surface area contributed by atoms with E-state index in [4.69, 9.17) is 14.2 Å². The van der Waals surface area contributed by atoms with Crippen molar-refractivity contribution in [2.75, 3.05) is 33.5 Å². The topological polar surface area (TPSA) is 44.8 Å². The third-order valence-electron chi connectivity index (χ3n) is 3.07. The van der Waals surface area contributed by atoms with E-state index in [1.165, 1.54) is 25.3 Å². The highest BCUT2D eigenvalue weighted by atomic mass is 19.1. The van der Waals surface area contributed by atoms with Crippen molar-refractivity contribution in [3.8, 4) is 5.75 Å². The summed E-state index contributed by atoms with van der Waals surface area (Å²) in [5.41, 5.74) is 0.213. The van der Waals surface area contributed by atoms with Crippen molar-refractivity contribution in [3.63, 3.8) is 0 Å². The van der Waals surface area contributed by atoms with Crippen LogP contribution in [0.5, 0.6) is 5.75 Å². The van der Waals surface area contributed by atoms with Gasteiger partial charge in [-0.3, -0.25) is 4.79 Å². The van der Waals surface area contributed by atoms with Gasteiger partial charge in [-0.15, -0.1) is 0 Å². The van der Waals surface area contributed by atoms with Crippen LogP contribution in [0.25, 0.3) is 0 Å². The van der Waals surface area contributed by atoms with Crippen LogP contribution in [0.4, 0.5) is 4.39 Å². The standard InChI is InChI=1S/C14H17FO4/c1-17-14-3-2-11(15)6-12(14)13(16)9-19-8-10-4-5-18-7-10/h2-3,6,10H,4-5,7-9H2,1H3. The molecule has 19 heavy (non-hydrogen) atoms. The van der Waals surface area contributed by atoms with Crippen molar-refractivity contribution in [3.05, 3.63) is 29.6 Å².